The number of nitrogens with one attached hydrogen (secondary N) is 2. The van der Waals surface area contributed by atoms with E-state index in [1.807, 2.05) is 67.7 Å². The Balaban J connectivity index is 1.33. The predicted octanol–water partition coefficient (Wildman–Crippen LogP) is 2.95. The molecular weight excluding hydrogens is 364 g/mol. The van der Waals surface area contributed by atoms with Crippen molar-refractivity contribution in [3.8, 4) is 0 Å². The molecule has 150 valence electrons. The van der Waals surface area contributed by atoms with Crippen LogP contribution in [0.4, 0.5) is 11.4 Å². The minimum atomic E-state index is -0.306. The summed E-state index contributed by atoms with van der Waals surface area (Å²) in [5.41, 5.74) is 4.21. The highest BCUT2D eigenvalue weighted by atomic mass is 16.2. The molecule has 0 spiro atoms. The van der Waals surface area contributed by atoms with E-state index in [-0.39, 0.29) is 24.2 Å². The molecule has 1 aliphatic rings. The monoisotopic (exact) mass is 390 g/mol. The van der Waals surface area contributed by atoms with Gasteiger partial charge in [-0.05, 0) is 42.3 Å². The number of carbonyl (C=O) groups excluding carboxylic acids is 2. The second kappa shape index (κ2) is 7.99. The molecule has 1 aromatic heterocycles. The zero-order valence-corrected chi connectivity index (χ0v) is 16.8. The lowest BCUT2D eigenvalue weighted by molar-refractivity contribution is -0.126. The van der Waals surface area contributed by atoms with E-state index < -0.39 is 0 Å². The van der Waals surface area contributed by atoms with Gasteiger partial charge in [0.05, 0.1) is 5.92 Å². The standard InChI is InChI=1S/C23H26N4O2/c1-26(2)18-7-9-19(10-8-18)27-15-17(13-22(27)28)23(29)24-12-11-16-14-25-21-6-4-3-5-20(16)21/h3-10,14,17,25H,11-13,15H2,1-2H3,(H,24,29). The average molecular weight is 390 g/mol. The van der Waals surface area contributed by atoms with E-state index in [0.29, 0.717) is 13.1 Å². The van der Waals surface area contributed by atoms with Gasteiger partial charge in [0.2, 0.25) is 11.8 Å². The molecule has 0 radical (unpaired) electrons. The third-order valence-electron chi connectivity index (χ3n) is 5.54. The summed E-state index contributed by atoms with van der Waals surface area (Å²) in [6.45, 7) is 0.988. The molecule has 0 bridgehead atoms. The van der Waals surface area contributed by atoms with Crippen LogP contribution in [0.25, 0.3) is 10.9 Å². The van der Waals surface area contributed by atoms with Crippen LogP contribution >= 0.6 is 0 Å². The van der Waals surface area contributed by atoms with Crippen LogP contribution in [0, 0.1) is 5.92 Å². The van der Waals surface area contributed by atoms with Crippen LogP contribution in [-0.4, -0.2) is 44.0 Å². The maximum atomic E-state index is 12.6. The number of rotatable bonds is 6. The molecule has 2 amide bonds. The lowest BCUT2D eigenvalue weighted by atomic mass is 10.1. The van der Waals surface area contributed by atoms with Gasteiger partial charge in [0, 0.05) is 62.1 Å². The van der Waals surface area contributed by atoms with Gasteiger partial charge < -0.3 is 20.1 Å². The van der Waals surface area contributed by atoms with Crippen LogP contribution in [-0.2, 0) is 16.0 Å². The first-order valence-corrected chi connectivity index (χ1v) is 9.93. The van der Waals surface area contributed by atoms with Crippen molar-refractivity contribution in [1.82, 2.24) is 10.3 Å². The fourth-order valence-corrected chi connectivity index (χ4v) is 3.87. The van der Waals surface area contributed by atoms with E-state index in [1.165, 1.54) is 10.9 Å². The van der Waals surface area contributed by atoms with Crippen molar-refractivity contribution >= 4 is 34.1 Å². The van der Waals surface area contributed by atoms with Crippen molar-refractivity contribution in [2.45, 2.75) is 12.8 Å². The minimum absolute atomic E-state index is 0.000573. The summed E-state index contributed by atoms with van der Waals surface area (Å²) >= 11 is 0. The van der Waals surface area contributed by atoms with Crippen molar-refractivity contribution < 1.29 is 9.59 Å². The van der Waals surface area contributed by atoms with Gasteiger partial charge in [-0.15, -0.1) is 0 Å². The summed E-state index contributed by atoms with van der Waals surface area (Å²) in [7, 11) is 3.96. The summed E-state index contributed by atoms with van der Waals surface area (Å²) in [6.07, 6.45) is 3.01. The molecule has 4 rings (SSSR count). The molecule has 2 N–H and O–H groups in total. The fourth-order valence-electron chi connectivity index (χ4n) is 3.87. The molecule has 1 atom stereocenters. The molecule has 1 aliphatic heterocycles. The van der Waals surface area contributed by atoms with Gasteiger partial charge in [0.25, 0.3) is 0 Å². The maximum Gasteiger partial charge on any atom is 0.227 e. The van der Waals surface area contributed by atoms with E-state index in [2.05, 4.69) is 16.4 Å². The van der Waals surface area contributed by atoms with Gasteiger partial charge >= 0.3 is 0 Å². The number of benzene rings is 2. The zero-order valence-electron chi connectivity index (χ0n) is 16.8. The highest BCUT2D eigenvalue weighted by molar-refractivity contribution is 6.00. The lowest BCUT2D eigenvalue weighted by Gasteiger charge is -2.19. The Morgan fingerprint density at radius 1 is 1.17 bits per heavy atom. The Hall–Kier alpha value is -3.28. The SMILES string of the molecule is CN(C)c1ccc(N2CC(C(=O)NCCc3c[nH]c4ccccc34)CC2=O)cc1. The van der Waals surface area contributed by atoms with E-state index in [1.54, 1.807) is 4.90 Å². The number of anilines is 2. The van der Waals surface area contributed by atoms with E-state index in [0.717, 1.165) is 23.3 Å². The third-order valence-corrected chi connectivity index (χ3v) is 5.54. The molecule has 6 nitrogen and oxygen atoms in total. The van der Waals surface area contributed by atoms with Crippen molar-refractivity contribution in [1.29, 1.82) is 0 Å². The third kappa shape index (κ3) is 3.97. The largest absolute Gasteiger partial charge is 0.378 e. The molecule has 1 saturated heterocycles. The Morgan fingerprint density at radius 3 is 2.69 bits per heavy atom. The molecule has 3 aromatic rings. The zero-order chi connectivity index (χ0) is 20.4. The number of para-hydroxylation sites is 1. The summed E-state index contributed by atoms with van der Waals surface area (Å²) in [4.78, 5) is 32.0. The number of H-pyrrole nitrogens is 1. The number of amides is 2. The molecule has 2 heterocycles. The highest BCUT2D eigenvalue weighted by Crippen LogP contribution is 2.27. The first-order valence-electron chi connectivity index (χ1n) is 9.93. The first-order chi connectivity index (χ1) is 14.0. The van der Waals surface area contributed by atoms with Gasteiger partial charge in [0.1, 0.15) is 0 Å². The number of fused-ring (bicyclic) bond motifs is 1. The quantitative estimate of drug-likeness (QED) is 0.680. The molecule has 1 fully saturated rings. The Labute approximate surface area is 170 Å². The molecule has 0 saturated carbocycles. The fraction of sp³-hybridized carbons (Fsp3) is 0.304. The number of hydrogen-bond acceptors (Lipinski definition) is 3. The van der Waals surface area contributed by atoms with Crippen LogP contribution in [0.1, 0.15) is 12.0 Å². The molecule has 2 aromatic carbocycles. The second-order valence-corrected chi connectivity index (χ2v) is 7.72. The van der Waals surface area contributed by atoms with E-state index in [4.69, 9.17) is 0 Å². The summed E-state index contributed by atoms with van der Waals surface area (Å²) in [5.74, 6) is -0.357. The van der Waals surface area contributed by atoms with Gasteiger partial charge in [-0.1, -0.05) is 18.2 Å². The van der Waals surface area contributed by atoms with Gasteiger partial charge in [-0.3, -0.25) is 9.59 Å². The highest BCUT2D eigenvalue weighted by Gasteiger charge is 2.34. The summed E-state index contributed by atoms with van der Waals surface area (Å²) < 4.78 is 0. The lowest BCUT2D eigenvalue weighted by Crippen LogP contribution is -2.34. The number of aromatic amines is 1. The van der Waals surface area contributed by atoms with Crippen LogP contribution in [0.5, 0.6) is 0 Å². The van der Waals surface area contributed by atoms with Crippen LogP contribution in [0.15, 0.2) is 54.7 Å². The number of carbonyl (C=O) groups is 2. The van der Waals surface area contributed by atoms with Gasteiger partial charge in [-0.2, -0.15) is 0 Å². The van der Waals surface area contributed by atoms with Gasteiger partial charge in [-0.25, -0.2) is 0 Å². The van der Waals surface area contributed by atoms with Crippen LogP contribution in [0.2, 0.25) is 0 Å². The number of hydrogen-bond donors (Lipinski definition) is 2. The van der Waals surface area contributed by atoms with Crippen molar-refractivity contribution in [3.63, 3.8) is 0 Å². The summed E-state index contributed by atoms with van der Waals surface area (Å²) in [5, 5.41) is 4.19. The molecule has 0 aliphatic carbocycles. The van der Waals surface area contributed by atoms with Gasteiger partial charge in [0.15, 0.2) is 0 Å². The first kappa shape index (κ1) is 19.1. The Kier molecular flexibility index (Phi) is 5.25. The predicted molar refractivity (Wildman–Crippen MR) is 116 cm³/mol. The number of nitrogens with zero attached hydrogens (tertiary/aromatic N) is 2. The Morgan fingerprint density at radius 2 is 1.93 bits per heavy atom. The topological polar surface area (TPSA) is 68.4 Å². The maximum absolute atomic E-state index is 12.6. The second-order valence-electron chi connectivity index (χ2n) is 7.72. The minimum Gasteiger partial charge on any atom is -0.378 e. The normalized spacial score (nSPS) is 16.4. The summed E-state index contributed by atoms with van der Waals surface area (Å²) in [6, 6.07) is 16.0. The van der Waals surface area contributed by atoms with E-state index >= 15 is 0 Å². The molecule has 6 heteroatoms. The van der Waals surface area contributed by atoms with Crippen molar-refractivity contribution in [3.05, 3.63) is 60.3 Å². The van der Waals surface area contributed by atoms with Crippen LogP contribution < -0.4 is 15.1 Å². The molecule has 29 heavy (non-hydrogen) atoms. The molecular formula is C23H26N4O2. The van der Waals surface area contributed by atoms with Crippen molar-refractivity contribution in [2.75, 3.05) is 37.0 Å². The number of aromatic nitrogens is 1. The van der Waals surface area contributed by atoms with E-state index in [9.17, 15) is 9.59 Å². The van der Waals surface area contributed by atoms with Crippen LogP contribution in [0.3, 0.4) is 0 Å². The smallest absolute Gasteiger partial charge is 0.227 e. The molecule has 1 unspecified atom stereocenters. The Bertz CT molecular complexity index is 1020. The van der Waals surface area contributed by atoms with Crippen molar-refractivity contribution in [2.24, 2.45) is 5.92 Å². The average Bonchev–Trinajstić information content (AvgIpc) is 3.32.